The summed E-state index contributed by atoms with van der Waals surface area (Å²) < 4.78 is 24.7. The summed E-state index contributed by atoms with van der Waals surface area (Å²) in [5.74, 6) is 0. The lowest BCUT2D eigenvalue weighted by Gasteiger charge is -2.14. The maximum absolute atomic E-state index is 12.3. The van der Waals surface area contributed by atoms with Crippen molar-refractivity contribution in [3.63, 3.8) is 0 Å². The van der Waals surface area contributed by atoms with Gasteiger partial charge in [0.25, 0.3) is 0 Å². The van der Waals surface area contributed by atoms with E-state index in [4.69, 9.17) is 0 Å². The normalized spacial score (nSPS) is 11.8. The summed E-state index contributed by atoms with van der Waals surface area (Å²) in [6.07, 6.45) is 3.28. The molecule has 0 aliphatic carbocycles. The van der Waals surface area contributed by atoms with Gasteiger partial charge in [0.05, 0.1) is 27.7 Å². The SMILES string of the molecule is Cc1ccc(S(=O)(=O)C(C)C)c(Nc2cn[nH]c2)c1. The molecule has 0 atom stereocenters. The number of benzene rings is 1. The van der Waals surface area contributed by atoms with Gasteiger partial charge in [0, 0.05) is 6.20 Å². The molecule has 102 valence electrons. The summed E-state index contributed by atoms with van der Waals surface area (Å²) in [5, 5.41) is 9.14. The highest BCUT2D eigenvalue weighted by Gasteiger charge is 2.22. The summed E-state index contributed by atoms with van der Waals surface area (Å²) in [6.45, 7) is 5.28. The summed E-state index contributed by atoms with van der Waals surface area (Å²) in [5.41, 5.74) is 2.30. The first-order valence-electron chi connectivity index (χ1n) is 6.01. The molecule has 5 nitrogen and oxygen atoms in total. The molecule has 0 saturated carbocycles. The van der Waals surface area contributed by atoms with Crippen molar-refractivity contribution in [3.8, 4) is 0 Å². The molecule has 0 aliphatic heterocycles. The Morgan fingerprint density at radius 1 is 1.32 bits per heavy atom. The molecule has 0 bridgehead atoms. The Labute approximate surface area is 113 Å². The maximum Gasteiger partial charge on any atom is 0.182 e. The summed E-state index contributed by atoms with van der Waals surface area (Å²) in [6, 6.07) is 5.27. The van der Waals surface area contributed by atoms with Gasteiger partial charge in [-0.25, -0.2) is 8.42 Å². The highest BCUT2D eigenvalue weighted by atomic mass is 32.2. The Bertz CT molecular complexity index is 661. The van der Waals surface area contributed by atoms with Crippen LogP contribution >= 0.6 is 0 Å². The molecule has 0 saturated heterocycles. The molecule has 2 N–H and O–H groups in total. The van der Waals surface area contributed by atoms with E-state index in [2.05, 4.69) is 15.5 Å². The highest BCUT2D eigenvalue weighted by Crippen LogP contribution is 2.28. The average Bonchev–Trinajstić information content (AvgIpc) is 2.81. The van der Waals surface area contributed by atoms with E-state index < -0.39 is 15.1 Å². The van der Waals surface area contributed by atoms with Crippen molar-refractivity contribution in [3.05, 3.63) is 36.2 Å². The van der Waals surface area contributed by atoms with Gasteiger partial charge < -0.3 is 5.32 Å². The minimum absolute atomic E-state index is 0.314. The Morgan fingerprint density at radius 2 is 2.05 bits per heavy atom. The third kappa shape index (κ3) is 2.78. The number of rotatable bonds is 4. The Balaban J connectivity index is 2.50. The largest absolute Gasteiger partial charge is 0.352 e. The fourth-order valence-corrected chi connectivity index (χ4v) is 2.90. The second-order valence-electron chi connectivity index (χ2n) is 4.71. The van der Waals surface area contributed by atoms with Crippen LogP contribution in [-0.2, 0) is 9.84 Å². The van der Waals surface area contributed by atoms with Crippen molar-refractivity contribution in [2.24, 2.45) is 0 Å². The van der Waals surface area contributed by atoms with Crippen molar-refractivity contribution >= 4 is 21.2 Å². The number of nitrogens with one attached hydrogen (secondary N) is 2. The van der Waals surface area contributed by atoms with E-state index in [1.54, 1.807) is 38.4 Å². The number of anilines is 2. The molecular formula is C13H17N3O2S. The molecule has 0 spiro atoms. The molecule has 0 fully saturated rings. The summed E-state index contributed by atoms with van der Waals surface area (Å²) in [4.78, 5) is 0.314. The van der Waals surface area contributed by atoms with Crippen LogP contribution in [0.25, 0.3) is 0 Å². The second-order valence-corrected chi connectivity index (χ2v) is 7.18. The third-order valence-electron chi connectivity index (χ3n) is 2.84. The number of aromatic nitrogens is 2. The van der Waals surface area contributed by atoms with Crippen LogP contribution in [0.5, 0.6) is 0 Å². The van der Waals surface area contributed by atoms with Crippen LogP contribution in [0.15, 0.2) is 35.5 Å². The van der Waals surface area contributed by atoms with E-state index in [0.29, 0.717) is 10.6 Å². The third-order valence-corrected chi connectivity index (χ3v) is 5.05. The zero-order valence-electron chi connectivity index (χ0n) is 11.1. The predicted octanol–water partition coefficient (Wildman–Crippen LogP) is 2.64. The van der Waals surface area contributed by atoms with E-state index >= 15 is 0 Å². The quantitative estimate of drug-likeness (QED) is 0.902. The van der Waals surface area contributed by atoms with Crippen molar-refractivity contribution < 1.29 is 8.42 Å². The van der Waals surface area contributed by atoms with Gasteiger partial charge in [-0.1, -0.05) is 6.07 Å². The Kier molecular flexibility index (Phi) is 3.61. The standard InChI is InChI=1S/C13H17N3O2S/c1-9(2)19(17,18)13-5-4-10(3)6-12(13)16-11-7-14-15-8-11/h4-9,16H,1-3H3,(H,14,15). The summed E-state index contributed by atoms with van der Waals surface area (Å²) in [7, 11) is -3.32. The van der Waals surface area contributed by atoms with Crippen LogP contribution in [0.2, 0.25) is 0 Å². The van der Waals surface area contributed by atoms with Crippen LogP contribution in [0.1, 0.15) is 19.4 Å². The first-order valence-corrected chi connectivity index (χ1v) is 7.56. The molecule has 1 aromatic carbocycles. The van der Waals surface area contributed by atoms with Gasteiger partial charge in [0.1, 0.15) is 0 Å². The van der Waals surface area contributed by atoms with Crippen molar-refractivity contribution in [2.45, 2.75) is 30.9 Å². The van der Waals surface area contributed by atoms with Crippen molar-refractivity contribution in [1.82, 2.24) is 10.2 Å². The van der Waals surface area contributed by atoms with E-state index in [-0.39, 0.29) is 0 Å². The van der Waals surface area contributed by atoms with Crippen LogP contribution in [-0.4, -0.2) is 23.9 Å². The molecule has 0 radical (unpaired) electrons. The van der Waals surface area contributed by atoms with E-state index in [0.717, 1.165) is 11.3 Å². The predicted molar refractivity (Wildman–Crippen MR) is 75.4 cm³/mol. The lowest BCUT2D eigenvalue weighted by Crippen LogP contribution is -2.15. The van der Waals surface area contributed by atoms with Gasteiger partial charge in [-0.05, 0) is 38.5 Å². The smallest absolute Gasteiger partial charge is 0.182 e. The zero-order chi connectivity index (χ0) is 14.0. The van der Waals surface area contributed by atoms with E-state index in [1.165, 1.54) is 0 Å². The number of H-pyrrole nitrogens is 1. The van der Waals surface area contributed by atoms with Gasteiger partial charge in [-0.2, -0.15) is 5.10 Å². The number of hydrogen-bond acceptors (Lipinski definition) is 4. The molecule has 2 rings (SSSR count). The maximum atomic E-state index is 12.3. The molecule has 6 heteroatoms. The second kappa shape index (κ2) is 5.05. The fourth-order valence-electron chi connectivity index (χ4n) is 1.72. The minimum Gasteiger partial charge on any atom is -0.352 e. The van der Waals surface area contributed by atoms with Crippen LogP contribution in [0.4, 0.5) is 11.4 Å². The van der Waals surface area contributed by atoms with Gasteiger partial charge in [-0.15, -0.1) is 0 Å². The Hall–Kier alpha value is -1.82. The first kappa shape index (κ1) is 13.6. The molecule has 0 amide bonds. The van der Waals surface area contributed by atoms with Crippen LogP contribution in [0, 0.1) is 6.92 Å². The minimum atomic E-state index is -3.32. The average molecular weight is 279 g/mol. The fraction of sp³-hybridized carbons (Fsp3) is 0.308. The zero-order valence-corrected chi connectivity index (χ0v) is 12.0. The van der Waals surface area contributed by atoms with Crippen molar-refractivity contribution in [2.75, 3.05) is 5.32 Å². The monoisotopic (exact) mass is 279 g/mol. The molecule has 1 heterocycles. The lowest BCUT2D eigenvalue weighted by molar-refractivity contribution is 0.588. The van der Waals surface area contributed by atoms with E-state index in [9.17, 15) is 8.42 Å². The number of nitrogens with zero attached hydrogens (tertiary/aromatic N) is 1. The van der Waals surface area contributed by atoms with E-state index in [1.807, 2.05) is 13.0 Å². The van der Waals surface area contributed by atoms with Gasteiger partial charge in [0.2, 0.25) is 0 Å². The molecule has 2 aromatic rings. The molecule has 19 heavy (non-hydrogen) atoms. The summed E-state index contributed by atoms with van der Waals surface area (Å²) >= 11 is 0. The Morgan fingerprint density at radius 3 is 2.63 bits per heavy atom. The van der Waals surface area contributed by atoms with Crippen LogP contribution < -0.4 is 5.32 Å². The molecule has 0 unspecified atom stereocenters. The number of aryl methyl sites for hydroxylation is 1. The van der Waals surface area contributed by atoms with Crippen molar-refractivity contribution in [1.29, 1.82) is 0 Å². The highest BCUT2D eigenvalue weighted by molar-refractivity contribution is 7.92. The number of sulfone groups is 1. The van der Waals surface area contributed by atoms with Crippen LogP contribution in [0.3, 0.4) is 0 Å². The number of hydrogen-bond donors (Lipinski definition) is 2. The molecule has 1 aromatic heterocycles. The van der Waals surface area contributed by atoms with Gasteiger partial charge in [0.15, 0.2) is 9.84 Å². The number of aromatic amines is 1. The molecular weight excluding hydrogens is 262 g/mol. The lowest BCUT2D eigenvalue weighted by atomic mass is 10.2. The molecule has 0 aliphatic rings. The van der Waals surface area contributed by atoms with Gasteiger partial charge in [-0.3, -0.25) is 5.10 Å². The topological polar surface area (TPSA) is 74.8 Å². The first-order chi connectivity index (χ1) is 8.91. The van der Waals surface area contributed by atoms with Gasteiger partial charge >= 0.3 is 0 Å².